The van der Waals surface area contributed by atoms with E-state index < -0.39 is 17.2 Å². The minimum absolute atomic E-state index is 0.0827. The molecule has 1 saturated heterocycles. The van der Waals surface area contributed by atoms with E-state index in [4.69, 9.17) is 11.6 Å². The molecule has 0 bridgehead atoms. The highest BCUT2D eigenvalue weighted by Crippen LogP contribution is 2.38. The number of carboxylic acids is 1. The number of aromatic amines is 1. The lowest BCUT2D eigenvalue weighted by Gasteiger charge is -2.36. The van der Waals surface area contributed by atoms with Crippen molar-refractivity contribution in [1.82, 2.24) is 19.4 Å². The topological polar surface area (TPSA) is 112 Å². The number of nitrogens with one attached hydrogen (secondary N) is 1. The molecular weight excluding hydrogens is 501 g/mol. The minimum Gasteiger partial charge on any atom is -0.477 e. The molecule has 11 heteroatoms. The van der Waals surface area contributed by atoms with Crippen molar-refractivity contribution >= 4 is 45.1 Å². The van der Waals surface area contributed by atoms with Gasteiger partial charge in [-0.3, -0.25) is 14.5 Å². The van der Waals surface area contributed by atoms with Crippen LogP contribution in [0.2, 0.25) is 5.02 Å². The Kier molecular flexibility index (Phi) is 5.73. The number of fused-ring (bicyclic) bond motifs is 2. The molecule has 190 valence electrons. The van der Waals surface area contributed by atoms with Gasteiger partial charge in [0.1, 0.15) is 17.2 Å². The second-order valence-corrected chi connectivity index (χ2v) is 10.0. The van der Waals surface area contributed by atoms with Crippen molar-refractivity contribution in [3.05, 3.63) is 79.3 Å². The average Bonchev–Trinajstić information content (AvgIpc) is 3.71. The highest BCUT2D eigenvalue weighted by molar-refractivity contribution is 6.31. The minimum atomic E-state index is -1.31. The molecule has 1 aliphatic carbocycles. The fraction of sp³-hybridized carbons (Fsp3) is 0.308. The number of benzene rings is 2. The van der Waals surface area contributed by atoms with Crippen molar-refractivity contribution < 1.29 is 14.3 Å². The van der Waals surface area contributed by atoms with Crippen LogP contribution in [-0.2, 0) is 6.54 Å². The quantitative estimate of drug-likeness (QED) is 0.412. The van der Waals surface area contributed by atoms with Gasteiger partial charge in [-0.05, 0) is 43.2 Å². The SMILES string of the molecule is O=C(O)c1cn(C2CC2)c2cc(N3CCN(Cc4nc5ccc(Cl)cc5c(=O)[nH]4)CC3)c(F)cc2c1=O. The highest BCUT2D eigenvalue weighted by Gasteiger charge is 2.28. The molecule has 37 heavy (non-hydrogen) atoms. The maximum absolute atomic E-state index is 15.2. The van der Waals surface area contributed by atoms with Crippen molar-refractivity contribution in [1.29, 1.82) is 0 Å². The standard InChI is InChI=1S/C26H23ClFN5O4/c27-14-1-4-20-16(9-14)25(35)30-23(29-20)13-31-5-7-32(8-6-31)22-11-21-17(10-19(22)28)24(34)18(26(36)37)12-33(21)15-2-3-15/h1,4,9-12,15H,2-3,5-8,13H2,(H,36,37)(H,29,30,35). The molecule has 1 aliphatic heterocycles. The summed E-state index contributed by atoms with van der Waals surface area (Å²) < 4.78 is 17.0. The molecular formula is C26H23ClFN5O4. The Morgan fingerprint density at radius 3 is 2.57 bits per heavy atom. The Bertz CT molecular complexity index is 1690. The van der Waals surface area contributed by atoms with E-state index >= 15 is 4.39 Å². The van der Waals surface area contributed by atoms with Crippen LogP contribution in [0.25, 0.3) is 21.8 Å². The zero-order valence-corrected chi connectivity index (χ0v) is 20.5. The van der Waals surface area contributed by atoms with E-state index in [0.29, 0.717) is 65.7 Å². The Labute approximate surface area is 214 Å². The number of nitrogens with zero attached hydrogens (tertiary/aromatic N) is 4. The first-order valence-corrected chi connectivity index (χ1v) is 12.4. The zero-order valence-electron chi connectivity index (χ0n) is 19.7. The number of hydrogen-bond acceptors (Lipinski definition) is 6. The molecule has 6 rings (SSSR count). The van der Waals surface area contributed by atoms with E-state index in [1.54, 1.807) is 28.8 Å². The summed E-state index contributed by atoms with van der Waals surface area (Å²) in [6.07, 6.45) is 3.16. The van der Waals surface area contributed by atoms with Crippen molar-refractivity contribution in [3.63, 3.8) is 0 Å². The molecule has 3 heterocycles. The number of pyridine rings is 1. The van der Waals surface area contributed by atoms with Gasteiger partial charge in [-0.2, -0.15) is 0 Å². The van der Waals surface area contributed by atoms with Gasteiger partial charge in [0.25, 0.3) is 5.56 Å². The van der Waals surface area contributed by atoms with Crippen LogP contribution in [0.5, 0.6) is 0 Å². The van der Waals surface area contributed by atoms with Crippen molar-refractivity contribution in [2.45, 2.75) is 25.4 Å². The Morgan fingerprint density at radius 1 is 1.11 bits per heavy atom. The summed E-state index contributed by atoms with van der Waals surface area (Å²) in [5, 5.41) is 10.4. The number of H-pyrrole nitrogens is 1. The molecule has 2 aromatic carbocycles. The number of piperazine rings is 1. The van der Waals surface area contributed by atoms with E-state index in [1.807, 2.05) is 4.90 Å². The molecule has 9 nitrogen and oxygen atoms in total. The van der Waals surface area contributed by atoms with Crippen LogP contribution < -0.4 is 15.9 Å². The second kappa shape index (κ2) is 8.97. The van der Waals surface area contributed by atoms with Crippen molar-refractivity contribution in [3.8, 4) is 0 Å². The number of aromatic carboxylic acids is 1. The van der Waals surface area contributed by atoms with Gasteiger partial charge in [0.2, 0.25) is 5.43 Å². The molecule has 2 fully saturated rings. The lowest BCUT2D eigenvalue weighted by Crippen LogP contribution is -2.46. The zero-order chi connectivity index (χ0) is 25.8. The van der Waals surface area contributed by atoms with Crippen LogP contribution in [0.3, 0.4) is 0 Å². The van der Waals surface area contributed by atoms with Crippen LogP contribution >= 0.6 is 11.6 Å². The van der Waals surface area contributed by atoms with E-state index in [0.717, 1.165) is 12.8 Å². The van der Waals surface area contributed by atoms with Crippen LogP contribution in [0, 0.1) is 5.82 Å². The number of carbonyl (C=O) groups is 1. The number of carboxylic acid groups (broad SMARTS) is 1. The first kappa shape index (κ1) is 23.6. The number of hydrogen-bond donors (Lipinski definition) is 2. The average molecular weight is 524 g/mol. The highest BCUT2D eigenvalue weighted by atomic mass is 35.5. The van der Waals surface area contributed by atoms with Gasteiger partial charge in [0.05, 0.1) is 28.7 Å². The van der Waals surface area contributed by atoms with Crippen LogP contribution in [0.4, 0.5) is 10.1 Å². The lowest BCUT2D eigenvalue weighted by molar-refractivity contribution is 0.0695. The molecule has 0 atom stereocenters. The predicted molar refractivity (Wildman–Crippen MR) is 138 cm³/mol. The molecule has 2 N–H and O–H groups in total. The van der Waals surface area contributed by atoms with Gasteiger partial charge in [-0.15, -0.1) is 0 Å². The summed E-state index contributed by atoms with van der Waals surface area (Å²) >= 11 is 5.99. The first-order valence-electron chi connectivity index (χ1n) is 12.1. The molecule has 2 aliphatic rings. The van der Waals surface area contributed by atoms with E-state index in [-0.39, 0.29) is 22.6 Å². The largest absolute Gasteiger partial charge is 0.477 e. The van der Waals surface area contributed by atoms with Gasteiger partial charge in [-0.25, -0.2) is 14.2 Å². The third-order valence-electron chi connectivity index (χ3n) is 7.07. The van der Waals surface area contributed by atoms with Crippen LogP contribution in [0.1, 0.15) is 35.1 Å². The molecule has 0 amide bonds. The summed E-state index contributed by atoms with van der Waals surface area (Å²) in [6, 6.07) is 7.96. The number of rotatable bonds is 5. The third kappa shape index (κ3) is 4.36. The molecule has 4 aromatic rings. The fourth-order valence-electron chi connectivity index (χ4n) is 5.00. The molecule has 0 unspecified atom stereocenters. The predicted octanol–water partition coefficient (Wildman–Crippen LogP) is 3.39. The number of halogens is 2. The van der Waals surface area contributed by atoms with Crippen LogP contribution in [-0.4, -0.2) is 56.7 Å². The normalized spacial score (nSPS) is 16.5. The maximum atomic E-state index is 15.2. The van der Waals surface area contributed by atoms with Gasteiger partial charge >= 0.3 is 5.97 Å². The molecule has 1 saturated carbocycles. The summed E-state index contributed by atoms with van der Waals surface area (Å²) in [7, 11) is 0. The van der Waals surface area contributed by atoms with Crippen LogP contribution in [0.15, 0.2) is 46.1 Å². The number of aromatic nitrogens is 3. The van der Waals surface area contributed by atoms with Crippen molar-refractivity contribution in [2.24, 2.45) is 0 Å². The van der Waals surface area contributed by atoms with E-state index in [9.17, 15) is 19.5 Å². The van der Waals surface area contributed by atoms with Gasteiger partial charge < -0.3 is 19.6 Å². The first-order chi connectivity index (χ1) is 17.8. The maximum Gasteiger partial charge on any atom is 0.341 e. The van der Waals surface area contributed by atoms with Gasteiger partial charge in [0.15, 0.2) is 0 Å². The molecule has 0 radical (unpaired) electrons. The second-order valence-electron chi connectivity index (χ2n) is 9.57. The number of anilines is 1. The van der Waals surface area contributed by atoms with Gasteiger partial charge in [0, 0.05) is 48.8 Å². The van der Waals surface area contributed by atoms with Gasteiger partial charge in [-0.1, -0.05) is 11.6 Å². The summed E-state index contributed by atoms with van der Waals surface area (Å²) in [4.78, 5) is 48.2. The molecule has 2 aromatic heterocycles. The fourth-order valence-corrected chi connectivity index (χ4v) is 5.17. The van der Waals surface area contributed by atoms with Crippen molar-refractivity contribution in [2.75, 3.05) is 31.1 Å². The monoisotopic (exact) mass is 523 g/mol. The molecule has 0 spiro atoms. The third-order valence-corrected chi connectivity index (χ3v) is 7.31. The summed E-state index contributed by atoms with van der Waals surface area (Å²) in [5.74, 6) is -1.32. The summed E-state index contributed by atoms with van der Waals surface area (Å²) in [6.45, 7) is 2.76. The Balaban J connectivity index is 1.24. The summed E-state index contributed by atoms with van der Waals surface area (Å²) in [5.41, 5.74) is 0.254. The Morgan fingerprint density at radius 2 is 1.86 bits per heavy atom. The Hall–Kier alpha value is -3.76. The van der Waals surface area contributed by atoms with E-state index in [1.165, 1.54) is 12.3 Å². The smallest absolute Gasteiger partial charge is 0.341 e. The van der Waals surface area contributed by atoms with E-state index in [2.05, 4.69) is 14.9 Å². The lowest BCUT2D eigenvalue weighted by atomic mass is 10.1.